The molecule has 3 aliphatic heterocycles. The fourth-order valence-electron chi connectivity index (χ4n) is 12.9. The van der Waals surface area contributed by atoms with E-state index in [0.29, 0.717) is 5.56 Å². The molecule has 0 bridgehead atoms. The Morgan fingerprint density at radius 2 is 0.439 bits per heavy atom. The van der Waals surface area contributed by atoms with Crippen molar-refractivity contribution >= 4 is 53.7 Å². The third-order valence-electron chi connectivity index (χ3n) is 18.6. The van der Waals surface area contributed by atoms with Crippen molar-refractivity contribution in [2.45, 2.75) is 98.7 Å². The van der Waals surface area contributed by atoms with Crippen molar-refractivity contribution in [3.05, 3.63) is 359 Å². The van der Waals surface area contributed by atoms with E-state index in [1.165, 1.54) is 128 Å². The van der Waals surface area contributed by atoms with Crippen molar-refractivity contribution in [1.29, 1.82) is 0 Å². The maximum absolute atomic E-state index is 15.6. The van der Waals surface area contributed by atoms with Gasteiger partial charge in [0.25, 0.3) is 0 Å². The van der Waals surface area contributed by atoms with Gasteiger partial charge in [-0.15, -0.1) is 0 Å². The first kappa shape index (κ1) is 79.2. The van der Waals surface area contributed by atoms with Crippen LogP contribution in [-0.2, 0) is 82.4 Å². The van der Waals surface area contributed by atoms with Crippen molar-refractivity contribution in [2.75, 3.05) is 26.9 Å². The summed E-state index contributed by atoms with van der Waals surface area (Å²) in [5.41, 5.74) is 0.624. The van der Waals surface area contributed by atoms with Crippen LogP contribution < -0.4 is 0 Å². The molecule has 114 heavy (non-hydrogen) atoms. The Balaban J connectivity index is 1.02. The SMILES string of the molecule is CO[C@@H]1O[C@H](COC(=O)c2ccccc2)[C@H](OC(=O)c2ccccc2)[C@H](O[C@@H]2O[C@H](COC(=O)c3ccccc3)[C@H](OC(=O)c3ccccc3)[C@H](O[C@H]3O[C@H](COC(=O)c4ccccc4)[C@H](OC(=O)c4ccccc4)[C@H](OCc4ccccc4)[C@H]3OC(=O)c3ccccc3)[C@H]2OC(=O)c2ccccc2)[C@H]1OC(=O)c1ccccc1. The zero-order chi connectivity index (χ0) is 79.1. The minimum Gasteiger partial charge on any atom is -0.459 e. The molecular weight excluding hydrogens is 1470 g/mol. The van der Waals surface area contributed by atoms with Gasteiger partial charge in [-0.2, -0.15) is 0 Å². The number of ether oxygens (including phenoxy) is 16. The fraction of sp³-hybridized carbons (Fsp3) is 0.225. The van der Waals surface area contributed by atoms with E-state index >= 15 is 14.4 Å². The summed E-state index contributed by atoms with van der Waals surface area (Å²) >= 11 is 0. The van der Waals surface area contributed by atoms with Gasteiger partial charge in [-0.25, -0.2) is 43.2 Å². The van der Waals surface area contributed by atoms with E-state index in [1.807, 2.05) is 0 Å². The van der Waals surface area contributed by atoms with E-state index < -0.39 is 166 Å². The van der Waals surface area contributed by atoms with Gasteiger partial charge in [0, 0.05) is 7.11 Å². The Bertz CT molecular complexity index is 4830. The van der Waals surface area contributed by atoms with Crippen LogP contribution in [0.5, 0.6) is 0 Å². The maximum atomic E-state index is 15.6. The van der Waals surface area contributed by atoms with Crippen LogP contribution in [0.2, 0.25) is 0 Å². The molecule has 3 fully saturated rings. The second-order valence-corrected chi connectivity index (χ2v) is 26.1. The number of hydrogen-bond donors (Lipinski definition) is 0. The zero-order valence-corrected chi connectivity index (χ0v) is 61.1. The van der Waals surface area contributed by atoms with E-state index in [9.17, 15) is 28.8 Å². The number of methoxy groups -OCH3 is 1. The van der Waals surface area contributed by atoms with Gasteiger partial charge < -0.3 is 75.8 Å². The third kappa shape index (κ3) is 20.3. The molecule has 0 saturated carbocycles. The summed E-state index contributed by atoms with van der Waals surface area (Å²) < 4.78 is 106. The first-order chi connectivity index (χ1) is 55.7. The topological polar surface area (TPSA) is 301 Å². The monoisotopic (exact) mass is 1540 g/mol. The molecule has 3 heterocycles. The van der Waals surface area contributed by atoms with Crippen molar-refractivity contribution in [3.63, 3.8) is 0 Å². The lowest BCUT2D eigenvalue weighted by Crippen LogP contribution is -2.69. The average Bonchev–Trinajstić information content (AvgIpc) is 0.751. The Kier molecular flexibility index (Phi) is 27.0. The number of benzene rings is 10. The lowest BCUT2D eigenvalue weighted by atomic mass is 9.94. The minimum absolute atomic E-state index is 0.00507. The van der Waals surface area contributed by atoms with Crippen LogP contribution >= 0.6 is 0 Å². The second-order valence-electron chi connectivity index (χ2n) is 26.1. The van der Waals surface area contributed by atoms with Crippen molar-refractivity contribution in [3.8, 4) is 0 Å². The summed E-state index contributed by atoms with van der Waals surface area (Å²) in [7, 11) is 1.20. The lowest BCUT2D eigenvalue weighted by Gasteiger charge is -2.50. The number of rotatable bonds is 29. The molecule has 0 aliphatic carbocycles. The van der Waals surface area contributed by atoms with Crippen LogP contribution in [0.3, 0.4) is 0 Å². The standard InChI is InChI=1S/C89H76O25/c1-99-87-76(111-85(97)64-48-28-10-29-49-64)73(70(108-82(94)61-42-22-7-23-43-61)67(104-87)54-102-79(91)58-36-16-4-17-37-58)113-89-77(112-86(98)65-50-30-11-31-51-65)74(71(109-83(95)62-44-24-8-25-45-62)68(106-89)55-103-80(92)59-38-18-5-19-39-59)114-88-75(110-84(96)63-46-26-9-27-47-63)72(100-52-56-32-12-2-13-33-56)69(107-81(93)60-40-20-6-21-41-60)66(105-88)53-101-78(90)57-34-14-3-15-35-57/h2-51,66-77,87-89H,52-55H2,1H3/t66-,67-,68-,69+,70+,71+,72+,73+,74+,75-,76-,77-,87-,88-,89+/m1/s1. The highest BCUT2D eigenvalue weighted by molar-refractivity contribution is 5.94. The smallest absolute Gasteiger partial charge is 0.338 e. The van der Waals surface area contributed by atoms with Crippen molar-refractivity contribution in [2.24, 2.45) is 0 Å². The van der Waals surface area contributed by atoms with Crippen LogP contribution in [0.4, 0.5) is 0 Å². The van der Waals surface area contributed by atoms with Crippen molar-refractivity contribution < 1.29 is 119 Å². The molecular formula is C89H76O25. The van der Waals surface area contributed by atoms with Gasteiger partial charge in [-0.1, -0.05) is 194 Å². The number of carbonyl (C=O) groups excluding carboxylic acids is 9. The summed E-state index contributed by atoms with van der Waals surface area (Å²) in [6.45, 7) is -2.73. The molecule has 13 rings (SSSR count). The number of hydrogen-bond acceptors (Lipinski definition) is 25. The maximum Gasteiger partial charge on any atom is 0.338 e. The molecule has 15 atom stereocenters. The molecule has 25 heteroatoms. The largest absolute Gasteiger partial charge is 0.459 e. The molecule has 10 aromatic rings. The van der Waals surface area contributed by atoms with Gasteiger partial charge in [0.2, 0.25) is 0 Å². The number of carbonyl (C=O) groups is 9. The van der Waals surface area contributed by atoms with E-state index in [4.69, 9.17) is 75.8 Å². The molecule has 25 nitrogen and oxygen atoms in total. The molecule has 3 aliphatic rings. The lowest BCUT2D eigenvalue weighted by molar-refractivity contribution is -0.378. The van der Waals surface area contributed by atoms with E-state index in [2.05, 4.69) is 0 Å². The van der Waals surface area contributed by atoms with Gasteiger partial charge in [-0.3, -0.25) is 0 Å². The third-order valence-corrected chi connectivity index (χ3v) is 18.6. The average molecular weight is 1550 g/mol. The van der Waals surface area contributed by atoms with Gasteiger partial charge in [0.15, 0.2) is 55.5 Å². The quantitative estimate of drug-likeness (QED) is 0.0311. The van der Waals surface area contributed by atoms with Gasteiger partial charge in [0.1, 0.15) is 56.4 Å². The van der Waals surface area contributed by atoms with Gasteiger partial charge in [0.05, 0.1) is 56.7 Å². The Morgan fingerprint density at radius 1 is 0.237 bits per heavy atom. The normalized spacial score (nSPS) is 23.0. The van der Waals surface area contributed by atoms with E-state index in [-0.39, 0.29) is 56.7 Å². The highest BCUT2D eigenvalue weighted by Gasteiger charge is 2.61. The molecule has 582 valence electrons. The van der Waals surface area contributed by atoms with E-state index in [1.54, 1.807) is 182 Å². The summed E-state index contributed by atoms with van der Waals surface area (Å²) in [6.07, 6.45) is -29.3. The van der Waals surface area contributed by atoms with Crippen LogP contribution in [0.25, 0.3) is 0 Å². The highest BCUT2D eigenvalue weighted by atomic mass is 16.8. The molecule has 0 spiro atoms. The van der Waals surface area contributed by atoms with Crippen LogP contribution in [-0.4, -0.2) is 173 Å². The summed E-state index contributed by atoms with van der Waals surface area (Å²) in [5, 5.41) is 0. The summed E-state index contributed by atoms with van der Waals surface area (Å²) in [6, 6.07) is 78.4. The molecule has 0 radical (unpaired) electrons. The van der Waals surface area contributed by atoms with Crippen LogP contribution in [0, 0.1) is 0 Å². The molecule has 0 N–H and O–H groups in total. The summed E-state index contributed by atoms with van der Waals surface area (Å²) in [4.78, 5) is 133. The first-order valence-corrected chi connectivity index (χ1v) is 36.4. The van der Waals surface area contributed by atoms with Crippen LogP contribution in [0.1, 0.15) is 98.8 Å². The van der Waals surface area contributed by atoms with Gasteiger partial charge >= 0.3 is 53.7 Å². The molecule has 0 aromatic heterocycles. The summed E-state index contributed by atoms with van der Waals surface area (Å²) in [5.74, 6) is -8.89. The second kappa shape index (κ2) is 38.9. The van der Waals surface area contributed by atoms with E-state index in [0.717, 1.165) is 0 Å². The molecule has 3 saturated heterocycles. The Morgan fingerprint density at radius 3 is 0.693 bits per heavy atom. The predicted molar refractivity (Wildman–Crippen MR) is 402 cm³/mol. The molecule has 0 unspecified atom stereocenters. The highest BCUT2D eigenvalue weighted by Crippen LogP contribution is 2.40. The minimum atomic E-state index is -2.29. The number of esters is 9. The Hall–Kier alpha value is -12.9. The molecule has 10 aromatic carbocycles. The van der Waals surface area contributed by atoms with Crippen molar-refractivity contribution in [1.82, 2.24) is 0 Å². The first-order valence-electron chi connectivity index (χ1n) is 36.4. The predicted octanol–water partition coefficient (Wildman–Crippen LogP) is 12.1. The Labute approximate surface area is 654 Å². The fourth-order valence-corrected chi connectivity index (χ4v) is 12.9. The van der Waals surface area contributed by atoms with Crippen LogP contribution in [0.15, 0.2) is 303 Å². The van der Waals surface area contributed by atoms with Gasteiger partial charge in [-0.05, 0) is 115 Å². The zero-order valence-electron chi connectivity index (χ0n) is 61.1. The molecule has 0 amide bonds.